The van der Waals surface area contributed by atoms with Crippen molar-refractivity contribution in [1.82, 2.24) is 9.97 Å². The molecule has 0 unspecified atom stereocenters. The van der Waals surface area contributed by atoms with Crippen molar-refractivity contribution in [2.75, 3.05) is 16.8 Å². The standard InChI is InChI=1S/C9H12IN3S/c10-7-5-11-9(12-6-7)13-8-1-3-14-4-2-8/h5-6,8H,1-4H2,(H,11,12,13). The molecule has 2 rings (SSSR count). The zero-order valence-electron chi connectivity index (χ0n) is 7.74. The number of nitrogens with one attached hydrogen (secondary N) is 1. The first-order valence-corrected chi connectivity index (χ1v) is 6.90. The average molecular weight is 321 g/mol. The monoisotopic (exact) mass is 321 g/mol. The Morgan fingerprint density at radius 1 is 1.29 bits per heavy atom. The van der Waals surface area contributed by atoms with Crippen molar-refractivity contribution in [3.8, 4) is 0 Å². The molecule has 1 N–H and O–H groups in total. The molecule has 1 aliphatic rings. The van der Waals surface area contributed by atoms with Crippen molar-refractivity contribution in [3.05, 3.63) is 16.0 Å². The van der Waals surface area contributed by atoms with Gasteiger partial charge in [0.2, 0.25) is 5.95 Å². The highest BCUT2D eigenvalue weighted by atomic mass is 127. The van der Waals surface area contributed by atoms with Crippen LogP contribution in [0.25, 0.3) is 0 Å². The molecule has 1 aliphatic heterocycles. The van der Waals surface area contributed by atoms with Gasteiger partial charge in [0.1, 0.15) is 0 Å². The van der Waals surface area contributed by atoms with E-state index in [1.165, 1.54) is 24.3 Å². The Morgan fingerprint density at radius 3 is 2.57 bits per heavy atom. The summed E-state index contributed by atoms with van der Waals surface area (Å²) in [6, 6.07) is 0.566. The second kappa shape index (κ2) is 5.16. The fraction of sp³-hybridized carbons (Fsp3) is 0.556. The third-order valence-electron chi connectivity index (χ3n) is 2.17. The molecule has 5 heteroatoms. The van der Waals surface area contributed by atoms with Gasteiger partial charge in [0.25, 0.3) is 0 Å². The van der Waals surface area contributed by atoms with Crippen LogP contribution in [-0.2, 0) is 0 Å². The fourth-order valence-corrected chi connectivity index (χ4v) is 2.80. The minimum absolute atomic E-state index is 0.566. The molecule has 1 aromatic heterocycles. The van der Waals surface area contributed by atoms with E-state index >= 15 is 0 Å². The second-order valence-electron chi connectivity index (χ2n) is 3.26. The van der Waals surface area contributed by atoms with Crippen LogP contribution in [0.5, 0.6) is 0 Å². The summed E-state index contributed by atoms with van der Waals surface area (Å²) in [5, 5.41) is 3.37. The summed E-state index contributed by atoms with van der Waals surface area (Å²) in [4.78, 5) is 8.47. The van der Waals surface area contributed by atoms with Gasteiger partial charge in [0.15, 0.2) is 0 Å². The third-order valence-corrected chi connectivity index (χ3v) is 3.78. The summed E-state index contributed by atoms with van der Waals surface area (Å²) >= 11 is 4.24. The molecule has 14 heavy (non-hydrogen) atoms. The predicted molar refractivity (Wildman–Crippen MR) is 68.7 cm³/mol. The van der Waals surface area contributed by atoms with E-state index in [4.69, 9.17) is 0 Å². The van der Waals surface area contributed by atoms with Gasteiger partial charge >= 0.3 is 0 Å². The summed E-state index contributed by atoms with van der Waals surface area (Å²) in [5.74, 6) is 3.27. The Labute approximate surface area is 102 Å². The van der Waals surface area contributed by atoms with E-state index in [1.54, 1.807) is 0 Å². The molecule has 0 atom stereocenters. The van der Waals surface area contributed by atoms with Gasteiger partial charge in [-0.05, 0) is 46.9 Å². The first-order chi connectivity index (χ1) is 6.84. The molecule has 2 heterocycles. The number of rotatable bonds is 2. The molecule has 76 valence electrons. The van der Waals surface area contributed by atoms with Crippen LogP contribution < -0.4 is 5.32 Å². The topological polar surface area (TPSA) is 37.8 Å². The van der Waals surface area contributed by atoms with Gasteiger partial charge in [-0.2, -0.15) is 11.8 Å². The van der Waals surface area contributed by atoms with Gasteiger partial charge < -0.3 is 5.32 Å². The van der Waals surface area contributed by atoms with E-state index in [1.807, 2.05) is 24.2 Å². The van der Waals surface area contributed by atoms with Crippen molar-refractivity contribution < 1.29 is 0 Å². The third kappa shape index (κ3) is 2.98. The minimum atomic E-state index is 0.566. The van der Waals surface area contributed by atoms with Crippen LogP contribution in [0.2, 0.25) is 0 Å². The van der Waals surface area contributed by atoms with Crippen molar-refractivity contribution in [3.63, 3.8) is 0 Å². The largest absolute Gasteiger partial charge is 0.351 e. The quantitative estimate of drug-likeness (QED) is 0.849. The number of hydrogen-bond acceptors (Lipinski definition) is 4. The van der Waals surface area contributed by atoms with Crippen molar-refractivity contribution in [2.24, 2.45) is 0 Å². The zero-order valence-corrected chi connectivity index (χ0v) is 10.7. The maximum Gasteiger partial charge on any atom is 0.222 e. The van der Waals surface area contributed by atoms with Crippen molar-refractivity contribution >= 4 is 40.3 Å². The molecule has 0 aromatic carbocycles. The summed E-state index contributed by atoms with van der Waals surface area (Å²) in [6.07, 6.45) is 6.13. The van der Waals surface area contributed by atoms with Crippen LogP contribution in [0.15, 0.2) is 12.4 Å². The molecular formula is C9H12IN3S. The van der Waals surface area contributed by atoms with Gasteiger partial charge in [-0.1, -0.05) is 0 Å². The lowest BCUT2D eigenvalue weighted by atomic mass is 10.2. The van der Waals surface area contributed by atoms with Crippen molar-refractivity contribution in [1.29, 1.82) is 0 Å². The van der Waals surface area contributed by atoms with Gasteiger partial charge in [0, 0.05) is 22.0 Å². The Morgan fingerprint density at radius 2 is 1.93 bits per heavy atom. The van der Waals surface area contributed by atoms with E-state index in [0.29, 0.717) is 6.04 Å². The average Bonchev–Trinajstić information content (AvgIpc) is 2.23. The van der Waals surface area contributed by atoms with Crippen LogP contribution >= 0.6 is 34.4 Å². The van der Waals surface area contributed by atoms with E-state index in [0.717, 1.165) is 9.52 Å². The lowest BCUT2D eigenvalue weighted by molar-refractivity contribution is 0.660. The predicted octanol–water partition coefficient (Wildman–Crippen LogP) is 2.39. The second-order valence-corrected chi connectivity index (χ2v) is 5.73. The molecule has 0 radical (unpaired) electrons. The maximum atomic E-state index is 4.24. The number of halogens is 1. The summed E-state index contributed by atoms with van der Waals surface area (Å²) in [6.45, 7) is 0. The summed E-state index contributed by atoms with van der Waals surface area (Å²) in [5.41, 5.74) is 0. The van der Waals surface area contributed by atoms with Crippen molar-refractivity contribution in [2.45, 2.75) is 18.9 Å². The number of aromatic nitrogens is 2. The lowest BCUT2D eigenvalue weighted by Crippen LogP contribution is -2.25. The highest BCUT2D eigenvalue weighted by molar-refractivity contribution is 14.1. The minimum Gasteiger partial charge on any atom is -0.351 e. The highest BCUT2D eigenvalue weighted by Gasteiger charge is 2.13. The SMILES string of the molecule is Ic1cnc(NC2CCSCC2)nc1. The van der Waals surface area contributed by atoms with Gasteiger partial charge in [-0.3, -0.25) is 0 Å². The number of hydrogen-bond donors (Lipinski definition) is 1. The summed E-state index contributed by atoms with van der Waals surface area (Å²) < 4.78 is 1.08. The van der Waals surface area contributed by atoms with E-state index < -0.39 is 0 Å². The molecule has 0 bridgehead atoms. The Kier molecular flexibility index (Phi) is 3.86. The number of nitrogens with zero attached hydrogens (tertiary/aromatic N) is 2. The zero-order chi connectivity index (χ0) is 9.80. The Hall–Kier alpha value is -0.0400. The number of thioether (sulfide) groups is 1. The Balaban J connectivity index is 1.92. The number of anilines is 1. The van der Waals surface area contributed by atoms with Crippen LogP contribution in [0, 0.1) is 3.57 Å². The van der Waals surface area contributed by atoms with Gasteiger partial charge in [0.05, 0.1) is 0 Å². The smallest absolute Gasteiger partial charge is 0.222 e. The maximum absolute atomic E-state index is 4.24. The fourth-order valence-electron chi connectivity index (χ4n) is 1.41. The Bertz CT molecular complexity index is 285. The molecule has 0 spiro atoms. The van der Waals surface area contributed by atoms with E-state index in [-0.39, 0.29) is 0 Å². The first kappa shape index (κ1) is 10.5. The van der Waals surface area contributed by atoms with Crippen LogP contribution in [0.3, 0.4) is 0 Å². The lowest BCUT2D eigenvalue weighted by Gasteiger charge is -2.22. The molecule has 1 fully saturated rings. The van der Waals surface area contributed by atoms with E-state index in [9.17, 15) is 0 Å². The molecule has 0 saturated carbocycles. The molecule has 1 saturated heterocycles. The van der Waals surface area contributed by atoms with Crippen LogP contribution in [0.4, 0.5) is 5.95 Å². The molecule has 0 amide bonds. The molecular weight excluding hydrogens is 309 g/mol. The molecule has 0 aliphatic carbocycles. The highest BCUT2D eigenvalue weighted by Crippen LogP contribution is 2.19. The van der Waals surface area contributed by atoms with Crippen LogP contribution in [0.1, 0.15) is 12.8 Å². The summed E-state index contributed by atoms with van der Waals surface area (Å²) in [7, 11) is 0. The van der Waals surface area contributed by atoms with Crippen LogP contribution in [-0.4, -0.2) is 27.5 Å². The molecule has 1 aromatic rings. The molecule has 3 nitrogen and oxygen atoms in total. The first-order valence-electron chi connectivity index (χ1n) is 4.66. The van der Waals surface area contributed by atoms with Gasteiger partial charge in [-0.25, -0.2) is 9.97 Å². The van der Waals surface area contributed by atoms with E-state index in [2.05, 4.69) is 37.9 Å². The normalized spacial score (nSPS) is 18.1. The van der Waals surface area contributed by atoms with Gasteiger partial charge in [-0.15, -0.1) is 0 Å².